The van der Waals surface area contributed by atoms with Crippen LogP contribution in [0.15, 0.2) is 12.1 Å². The molecule has 0 radical (unpaired) electrons. The fourth-order valence-corrected chi connectivity index (χ4v) is 2.29. The maximum Gasteiger partial charge on any atom is 0.310 e. The first-order chi connectivity index (χ1) is 8.49. The van der Waals surface area contributed by atoms with Crippen molar-refractivity contribution in [2.75, 3.05) is 6.61 Å². The minimum atomic E-state index is -0.557. The molecule has 0 atom stereocenters. The van der Waals surface area contributed by atoms with Crippen LogP contribution in [0.3, 0.4) is 0 Å². The first-order valence-electron chi connectivity index (χ1n) is 5.16. The van der Waals surface area contributed by atoms with Crippen LogP contribution >= 0.6 is 27.5 Å². The summed E-state index contributed by atoms with van der Waals surface area (Å²) in [5.41, 5.74) is 0.830. The number of carbonyl (C=O) groups is 1. The van der Waals surface area contributed by atoms with E-state index in [2.05, 4.69) is 15.9 Å². The zero-order chi connectivity index (χ0) is 13.7. The number of nitrogens with zero attached hydrogens (tertiary/aromatic N) is 1. The summed E-state index contributed by atoms with van der Waals surface area (Å²) in [6.07, 6.45) is -0.138. The lowest BCUT2D eigenvalue weighted by Crippen LogP contribution is -2.09. The van der Waals surface area contributed by atoms with E-state index in [9.17, 15) is 14.9 Å². The lowest BCUT2D eigenvalue weighted by atomic mass is 10.1. The Bertz CT molecular complexity index is 478. The van der Waals surface area contributed by atoms with E-state index >= 15 is 0 Å². The highest BCUT2D eigenvalue weighted by Gasteiger charge is 2.19. The third-order valence-electron chi connectivity index (χ3n) is 2.23. The van der Waals surface area contributed by atoms with Crippen LogP contribution in [0.25, 0.3) is 0 Å². The predicted molar refractivity (Wildman–Crippen MR) is 71.1 cm³/mol. The van der Waals surface area contributed by atoms with Gasteiger partial charge in [-0.1, -0.05) is 27.5 Å². The maximum atomic E-state index is 11.4. The number of benzene rings is 1. The monoisotopic (exact) mass is 335 g/mol. The lowest BCUT2D eigenvalue weighted by Gasteiger charge is -2.07. The van der Waals surface area contributed by atoms with Crippen LogP contribution in [0.4, 0.5) is 5.69 Å². The summed E-state index contributed by atoms with van der Waals surface area (Å²) in [6, 6.07) is 2.80. The number of halogens is 2. The van der Waals surface area contributed by atoms with Crippen LogP contribution in [-0.4, -0.2) is 17.5 Å². The summed E-state index contributed by atoms with van der Waals surface area (Å²) < 4.78 is 4.78. The SMILES string of the molecule is CCOC(=O)Cc1cc(CBr)c(Cl)cc1[N+](=O)[O-]. The Morgan fingerprint density at radius 1 is 1.50 bits per heavy atom. The van der Waals surface area contributed by atoms with Crippen molar-refractivity contribution >= 4 is 39.2 Å². The molecule has 0 N–H and O–H groups in total. The van der Waals surface area contributed by atoms with Crippen LogP contribution < -0.4 is 0 Å². The van der Waals surface area contributed by atoms with Gasteiger partial charge in [-0.25, -0.2) is 0 Å². The Morgan fingerprint density at radius 2 is 2.17 bits per heavy atom. The summed E-state index contributed by atoms with van der Waals surface area (Å²) >= 11 is 9.12. The molecule has 0 aliphatic rings. The molecule has 0 spiro atoms. The van der Waals surface area contributed by atoms with Crippen LogP contribution in [-0.2, 0) is 21.3 Å². The van der Waals surface area contributed by atoms with Crippen molar-refractivity contribution in [3.63, 3.8) is 0 Å². The average molecular weight is 337 g/mol. The normalized spacial score (nSPS) is 10.2. The molecule has 0 aliphatic carbocycles. The van der Waals surface area contributed by atoms with Crippen LogP contribution in [0.1, 0.15) is 18.1 Å². The number of hydrogen-bond donors (Lipinski definition) is 0. The molecule has 0 saturated heterocycles. The summed E-state index contributed by atoms with van der Waals surface area (Å²) in [5, 5.41) is 11.7. The first-order valence-corrected chi connectivity index (χ1v) is 6.66. The molecule has 1 aromatic rings. The van der Waals surface area contributed by atoms with E-state index in [1.165, 1.54) is 6.07 Å². The second-order valence-electron chi connectivity index (χ2n) is 3.44. The van der Waals surface area contributed by atoms with E-state index in [-0.39, 0.29) is 18.7 Å². The third-order valence-corrected chi connectivity index (χ3v) is 3.18. The first kappa shape index (κ1) is 14.9. The van der Waals surface area contributed by atoms with Gasteiger partial charge in [0.25, 0.3) is 5.69 Å². The highest BCUT2D eigenvalue weighted by Crippen LogP contribution is 2.29. The fourth-order valence-electron chi connectivity index (χ4n) is 1.44. The van der Waals surface area contributed by atoms with Crippen molar-refractivity contribution < 1.29 is 14.5 Å². The molecular formula is C11H11BrClNO4. The molecule has 0 aromatic heterocycles. The zero-order valence-corrected chi connectivity index (χ0v) is 12.0. The molecule has 0 saturated carbocycles. The van der Waals surface area contributed by atoms with Gasteiger partial charge in [0.1, 0.15) is 0 Å². The molecule has 98 valence electrons. The van der Waals surface area contributed by atoms with Crippen LogP contribution in [0.2, 0.25) is 5.02 Å². The zero-order valence-electron chi connectivity index (χ0n) is 9.61. The van der Waals surface area contributed by atoms with E-state index in [0.717, 1.165) is 0 Å². The summed E-state index contributed by atoms with van der Waals surface area (Å²) in [4.78, 5) is 21.7. The van der Waals surface area contributed by atoms with E-state index in [1.807, 2.05) is 0 Å². The molecule has 5 nitrogen and oxygen atoms in total. The number of rotatable bonds is 5. The molecule has 0 fully saturated rings. The molecule has 0 unspecified atom stereocenters. The van der Waals surface area contributed by atoms with Crippen LogP contribution in [0, 0.1) is 10.1 Å². The molecule has 0 aliphatic heterocycles. The number of esters is 1. The second-order valence-corrected chi connectivity index (χ2v) is 4.41. The smallest absolute Gasteiger partial charge is 0.310 e. The van der Waals surface area contributed by atoms with Gasteiger partial charge in [-0.2, -0.15) is 0 Å². The Labute approximate surface area is 117 Å². The summed E-state index contributed by atoms with van der Waals surface area (Å²) in [5.74, 6) is -0.497. The largest absolute Gasteiger partial charge is 0.466 e. The number of hydrogen-bond acceptors (Lipinski definition) is 4. The molecule has 1 rings (SSSR count). The van der Waals surface area contributed by atoms with Crippen LogP contribution in [0.5, 0.6) is 0 Å². The molecule has 18 heavy (non-hydrogen) atoms. The van der Waals surface area contributed by atoms with Gasteiger partial charge in [0, 0.05) is 17.0 Å². The summed E-state index contributed by atoms with van der Waals surface area (Å²) in [7, 11) is 0. The molecule has 7 heteroatoms. The van der Waals surface area contributed by atoms with Gasteiger partial charge in [0.15, 0.2) is 0 Å². The van der Waals surface area contributed by atoms with Gasteiger partial charge in [0.05, 0.1) is 23.0 Å². The van der Waals surface area contributed by atoms with Gasteiger partial charge < -0.3 is 4.74 Å². The molecular weight excluding hydrogens is 325 g/mol. The number of carbonyl (C=O) groups excluding carboxylic acids is 1. The van der Waals surface area contributed by atoms with Crippen molar-refractivity contribution in [3.05, 3.63) is 38.4 Å². The van der Waals surface area contributed by atoms with Crippen molar-refractivity contribution in [1.82, 2.24) is 0 Å². The lowest BCUT2D eigenvalue weighted by molar-refractivity contribution is -0.385. The quantitative estimate of drug-likeness (QED) is 0.358. The Hall–Kier alpha value is -1.14. The standard InChI is InChI=1S/C11H11BrClNO4/c1-2-18-11(15)4-7-3-8(6-12)9(13)5-10(7)14(16)17/h3,5H,2,4,6H2,1H3. The Morgan fingerprint density at radius 3 is 2.67 bits per heavy atom. The predicted octanol–water partition coefficient (Wildman–Crippen LogP) is 3.25. The number of ether oxygens (including phenoxy) is 1. The Kier molecular flexibility index (Phi) is 5.55. The second kappa shape index (κ2) is 6.70. The Balaban J connectivity index is 3.14. The number of nitro groups is 1. The molecule has 0 bridgehead atoms. The van der Waals surface area contributed by atoms with E-state index in [0.29, 0.717) is 21.5 Å². The molecule has 1 aromatic carbocycles. The van der Waals surface area contributed by atoms with Crippen molar-refractivity contribution in [2.24, 2.45) is 0 Å². The topological polar surface area (TPSA) is 69.4 Å². The van der Waals surface area contributed by atoms with Gasteiger partial charge in [0.2, 0.25) is 0 Å². The van der Waals surface area contributed by atoms with Crippen molar-refractivity contribution in [2.45, 2.75) is 18.7 Å². The third kappa shape index (κ3) is 3.68. The van der Waals surface area contributed by atoms with Crippen molar-refractivity contribution in [3.8, 4) is 0 Å². The van der Waals surface area contributed by atoms with E-state index < -0.39 is 10.9 Å². The van der Waals surface area contributed by atoms with Gasteiger partial charge in [-0.15, -0.1) is 0 Å². The highest BCUT2D eigenvalue weighted by molar-refractivity contribution is 9.08. The highest BCUT2D eigenvalue weighted by atomic mass is 79.9. The van der Waals surface area contributed by atoms with Crippen molar-refractivity contribution in [1.29, 1.82) is 0 Å². The number of nitro benzene ring substituents is 1. The minimum absolute atomic E-state index is 0.138. The van der Waals surface area contributed by atoms with Gasteiger partial charge in [-0.05, 0) is 18.6 Å². The fraction of sp³-hybridized carbons (Fsp3) is 0.364. The van der Waals surface area contributed by atoms with Gasteiger partial charge >= 0.3 is 5.97 Å². The van der Waals surface area contributed by atoms with E-state index in [1.54, 1.807) is 13.0 Å². The molecule has 0 amide bonds. The average Bonchev–Trinajstić information content (AvgIpc) is 2.30. The van der Waals surface area contributed by atoms with Gasteiger partial charge in [-0.3, -0.25) is 14.9 Å². The number of alkyl halides is 1. The maximum absolute atomic E-state index is 11.4. The molecule has 0 heterocycles. The van der Waals surface area contributed by atoms with E-state index in [4.69, 9.17) is 16.3 Å². The summed E-state index contributed by atoms with van der Waals surface area (Å²) in [6.45, 7) is 1.92. The minimum Gasteiger partial charge on any atom is -0.466 e.